The van der Waals surface area contributed by atoms with Gasteiger partial charge in [-0.05, 0) is 6.92 Å². The molecule has 0 saturated carbocycles. The first-order valence-electron chi connectivity index (χ1n) is 3.20. The molecule has 0 radical (unpaired) electrons. The average molecular weight is 167 g/mol. The monoisotopic (exact) mass is 167 g/mol. The predicted octanol–water partition coefficient (Wildman–Crippen LogP) is -0.595. The average Bonchev–Trinajstić information content (AvgIpc) is 1.84. The maximum atomic E-state index is 10.7. The lowest BCUT2D eigenvalue weighted by Gasteiger charge is -1.99. The van der Waals surface area contributed by atoms with Crippen molar-refractivity contribution in [3.63, 3.8) is 0 Å². The second kappa shape index (κ2) is 4.91. The van der Waals surface area contributed by atoms with Gasteiger partial charge in [0.2, 0.25) is 11.8 Å². The number of amides is 2. The van der Waals surface area contributed by atoms with E-state index in [2.05, 4.69) is 5.32 Å². The van der Waals surface area contributed by atoms with Gasteiger partial charge in [-0.1, -0.05) is 0 Å². The molecular weight excluding hydrogens is 158 g/mol. The lowest BCUT2D eigenvalue weighted by Crippen LogP contribution is -2.22. The Balaban J connectivity index is 4.02. The Bertz CT molecular complexity index is 262. The van der Waals surface area contributed by atoms with Crippen LogP contribution in [-0.4, -0.2) is 11.8 Å². The molecule has 0 aromatic rings. The first-order valence-corrected chi connectivity index (χ1v) is 3.20. The van der Waals surface area contributed by atoms with E-state index in [4.69, 9.17) is 11.0 Å². The maximum absolute atomic E-state index is 10.7. The van der Waals surface area contributed by atoms with Crippen LogP contribution in [0.2, 0.25) is 0 Å². The molecule has 0 aliphatic heterocycles. The fourth-order valence-electron chi connectivity index (χ4n) is 0.585. The number of primary amides is 1. The van der Waals surface area contributed by atoms with Crippen molar-refractivity contribution in [1.82, 2.24) is 5.32 Å². The number of hydrogen-bond donors (Lipinski definition) is 2. The molecule has 0 aromatic carbocycles. The van der Waals surface area contributed by atoms with Crippen LogP contribution in [-0.2, 0) is 9.59 Å². The number of allylic oxidation sites excluding steroid dienone is 1. The van der Waals surface area contributed by atoms with E-state index in [1.165, 1.54) is 6.92 Å². The Morgan fingerprint density at radius 2 is 2.25 bits per heavy atom. The Labute approximate surface area is 69.8 Å². The highest BCUT2D eigenvalue weighted by molar-refractivity contribution is 5.88. The minimum absolute atomic E-state index is 0.232. The van der Waals surface area contributed by atoms with Crippen molar-refractivity contribution in [1.29, 1.82) is 5.26 Å². The normalized spacial score (nSPS) is 10.2. The Morgan fingerprint density at radius 3 is 2.67 bits per heavy atom. The van der Waals surface area contributed by atoms with Gasteiger partial charge in [0.1, 0.15) is 6.42 Å². The topological polar surface area (TPSA) is 96.0 Å². The molecule has 64 valence electrons. The van der Waals surface area contributed by atoms with Crippen molar-refractivity contribution < 1.29 is 9.59 Å². The highest BCUT2D eigenvalue weighted by atomic mass is 16.2. The molecular formula is C7H9N3O2. The molecule has 2 amide bonds. The molecule has 12 heavy (non-hydrogen) atoms. The second-order valence-electron chi connectivity index (χ2n) is 2.11. The molecule has 0 aliphatic carbocycles. The maximum Gasteiger partial charge on any atom is 0.243 e. The van der Waals surface area contributed by atoms with Crippen LogP contribution in [0.25, 0.3) is 0 Å². The number of hydrogen-bond acceptors (Lipinski definition) is 3. The van der Waals surface area contributed by atoms with Gasteiger partial charge >= 0.3 is 0 Å². The zero-order valence-electron chi connectivity index (χ0n) is 6.63. The standard InChI is InChI=1S/C7H9N3O2/c1-5(4-6(9)11)10-7(12)2-3-8/h4H,2H2,1H3,(H2,9,11)(H,10,12)/b5-4-. The molecule has 0 rings (SSSR count). The number of nitrogens with two attached hydrogens (primary N) is 1. The van der Waals surface area contributed by atoms with Crippen LogP contribution in [0.3, 0.4) is 0 Å². The molecule has 0 heterocycles. The minimum Gasteiger partial charge on any atom is -0.366 e. The second-order valence-corrected chi connectivity index (χ2v) is 2.11. The molecule has 0 saturated heterocycles. The number of nitriles is 1. The molecule has 0 bridgehead atoms. The number of carbonyl (C=O) groups excluding carboxylic acids is 2. The Kier molecular flexibility index (Phi) is 4.16. The van der Waals surface area contributed by atoms with E-state index in [0.29, 0.717) is 5.70 Å². The summed E-state index contributed by atoms with van der Waals surface area (Å²) in [5, 5.41) is 10.4. The number of nitrogens with one attached hydrogen (secondary N) is 1. The van der Waals surface area contributed by atoms with E-state index in [0.717, 1.165) is 6.08 Å². The zero-order chi connectivity index (χ0) is 9.56. The van der Waals surface area contributed by atoms with E-state index < -0.39 is 11.8 Å². The van der Waals surface area contributed by atoms with Crippen molar-refractivity contribution in [2.75, 3.05) is 0 Å². The summed E-state index contributed by atoms with van der Waals surface area (Å²) in [6.07, 6.45) is 0.846. The van der Waals surface area contributed by atoms with Crippen molar-refractivity contribution in [3.8, 4) is 6.07 Å². The largest absolute Gasteiger partial charge is 0.366 e. The van der Waals surface area contributed by atoms with Crippen LogP contribution < -0.4 is 11.1 Å². The lowest BCUT2D eigenvalue weighted by atomic mass is 10.3. The lowest BCUT2D eigenvalue weighted by molar-refractivity contribution is -0.119. The summed E-state index contributed by atoms with van der Waals surface area (Å²) in [5.41, 5.74) is 5.15. The fraction of sp³-hybridized carbons (Fsp3) is 0.286. The van der Waals surface area contributed by atoms with Crippen molar-refractivity contribution >= 4 is 11.8 Å². The number of nitrogens with zero attached hydrogens (tertiary/aromatic N) is 1. The quantitative estimate of drug-likeness (QED) is 0.549. The van der Waals surface area contributed by atoms with Crippen LogP contribution in [0.1, 0.15) is 13.3 Å². The van der Waals surface area contributed by atoms with Gasteiger partial charge in [-0.3, -0.25) is 9.59 Å². The van der Waals surface area contributed by atoms with Crippen molar-refractivity contribution in [3.05, 3.63) is 11.8 Å². The molecule has 0 aliphatic rings. The first-order chi connectivity index (χ1) is 5.56. The molecule has 0 aromatic heterocycles. The van der Waals surface area contributed by atoms with E-state index in [1.807, 2.05) is 0 Å². The highest BCUT2D eigenvalue weighted by Gasteiger charge is 1.99. The van der Waals surface area contributed by atoms with Crippen LogP contribution in [0.15, 0.2) is 11.8 Å². The summed E-state index contributed by atoms with van der Waals surface area (Å²) in [6, 6.07) is 1.67. The molecule has 0 unspecified atom stereocenters. The molecule has 0 spiro atoms. The fourth-order valence-corrected chi connectivity index (χ4v) is 0.585. The highest BCUT2D eigenvalue weighted by Crippen LogP contribution is 1.86. The first kappa shape index (κ1) is 10.2. The molecule has 3 N–H and O–H groups in total. The van der Waals surface area contributed by atoms with Crippen LogP contribution >= 0.6 is 0 Å². The summed E-state index contributed by atoms with van der Waals surface area (Å²) >= 11 is 0. The summed E-state index contributed by atoms with van der Waals surface area (Å²) < 4.78 is 0. The number of carbonyl (C=O) groups is 2. The van der Waals surface area contributed by atoms with Crippen LogP contribution in [0.4, 0.5) is 0 Å². The zero-order valence-corrected chi connectivity index (χ0v) is 6.63. The molecule has 5 heteroatoms. The van der Waals surface area contributed by atoms with Crippen LogP contribution in [0, 0.1) is 11.3 Å². The smallest absolute Gasteiger partial charge is 0.243 e. The van der Waals surface area contributed by atoms with E-state index in [-0.39, 0.29) is 6.42 Å². The third-order valence-electron chi connectivity index (χ3n) is 0.935. The van der Waals surface area contributed by atoms with E-state index in [9.17, 15) is 9.59 Å². The van der Waals surface area contributed by atoms with Gasteiger partial charge in [0.05, 0.1) is 6.07 Å². The van der Waals surface area contributed by atoms with Gasteiger partial charge in [0.25, 0.3) is 0 Å². The third kappa shape index (κ3) is 4.99. The van der Waals surface area contributed by atoms with Crippen molar-refractivity contribution in [2.45, 2.75) is 13.3 Å². The van der Waals surface area contributed by atoms with Gasteiger partial charge in [-0.2, -0.15) is 5.26 Å². The summed E-state index contributed by atoms with van der Waals surface area (Å²) in [5.74, 6) is -1.09. The van der Waals surface area contributed by atoms with Gasteiger partial charge < -0.3 is 11.1 Å². The van der Waals surface area contributed by atoms with Crippen LogP contribution in [0.5, 0.6) is 0 Å². The van der Waals surface area contributed by atoms with E-state index >= 15 is 0 Å². The Hall–Kier alpha value is -1.83. The van der Waals surface area contributed by atoms with E-state index in [1.54, 1.807) is 6.07 Å². The molecule has 0 atom stereocenters. The SMILES string of the molecule is C/C(=C/C(N)=O)NC(=O)CC#N. The molecule has 5 nitrogen and oxygen atoms in total. The molecule has 0 fully saturated rings. The summed E-state index contributed by atoms with van der Waals surface area (Å²) in [7, 11) is 0. The third-order valence-corrected chi connectivity index (χ3v) is 0.935. The number of rotatable bonds is 3. The summed E-state index contributed by atoms with van der Waals surface area (Å²) in [4.78, 5) is 21.0. The predicted molar refractivity (Wildman–Crippen MR) is 41.3 cm³/mol. The van der Waals surface area contributed by atoms with Gasteiger partial charge in [0.15, 0.2) is 0 Å². The van der Waals surface area contributed by atoms with Gasteiger partial charge in [0, 0.05) is 11.8 Å². The van der Waals surface area contributed by atoms with Crippen molar-refractivity contribution in [2.24, 2.45) is 5.73 Å². The van der Waals surface area contributed by atoms with Gasteiger partial charge in [-0.15, -0.1) is 0 Å². The summed E-state index contributed by atoms with van der Waals surface area (Å²) in [6.45, 7) is 1.51. The Morgan fingerprint density at radius 1 is 1.67 bits per heavy atom. The van der Waals surface area contributed by atoms with Gasteiger partial charge in [-0.25, -0.2) is 0 Å². The minimum atomic E-state index is -0.634.